The Morgan fingerprint density at radius 3 is 2.75 bits per heavy atom. The Hall–Kier alpha value is -0.550. The van der Waals surface area contributed by atoms with Crippen LogP contribution in [0, 0.1) is 0 Å². The lowest BCUT2D eigenvalue weighted by Crippen LogP contribution is -2.24. The van der Waals surface area contributed by atoms with E-state index in [9.17, 15) is 8.78 Å². The summed E-state index contributed by atoms with van der Waals surface area (Å²) in [5.41, 5.74) is 5.60. The van der Waals surface area contributed by atoms with Gasteiger partial charge in [0.05, 0.1) is 12.2 Å². The van der Waals surface area contributed by atoms with Gasteiger partial charge in [-0.1, -0.05) is 6.92 Å². The second kappa shape index (κ2) is 3.45. The summed E-state index contributed by atoms with van der Waals surface area (Å²) in [7, 11) is 0. The van der Waals surface area contributed by atoms with Gasteiger partial charge in [0.1, 0.15) is 0 Å². The summed E-state index contributed by atoms with van der Waals surface area (Å²) in [6.07, 6.45) is 0.678. The number of hydrogen-bond acceptors (Lipinski definition) is 3. The molecule has 0 radical (unpaired) electrons. The molecule has 0 unspecified atom stereocenters. The number of rotatable bonds is 3. The van der Waals surface area contributed by atoms with Crippen LogP contribution in [0.4, 0.5) is 8.78 Å². The van der Waals surface area contributed by atoms with Crippen molar-refractivity contribution >= 4 is 11.3 Å². The molecule has 1 aromatic rings. The van der Waals surface area contributed by atoms with E-state index in [4.69, 9.17) is 5.73 Å². The third kappa shape index (κ3) is 1.78. The van der Waals surface area contributed by atoms with Crippen LogP contribution in [0.3, 0.4) is 0 Å². The Morgan fingerprint density at radius 2 is 2.33 bits per heavy atom. The molecule has 1 rings (SSSR count). The number of hydrogen-bond donors (Lipinski definition) is 1. The fourth-order valence-electron chi connectivity index (χ4n) is 0.725. The molecule has 0 saturated heterocycles. The van der Waals surface area contributed by atoms with Crippen LogP contribution in [-0.2, 0) is 12.3 Å². The molecule has 0 fully saturated rings. The molecule has 12 heavy (non-hydrogen) atoms. The van der Waals surface area contributed by atoms with Gasteiger partial charge in [-0.3, -0.25) is 0 Å². The van der Waals surface area contributed by atoms with E-state index in [1.807, 2.05) is 6.92 Å². The third-order valence-corrected chi connectivity index (χ3v) is 2.49. The number of halogens is 2. The zero-order chi connectivity index (χ0) is 9.19. The van der Waals surface area contributed by atoms with E-state index in [1.54, 1.807) is 5.38 Å². The van der Waals surface area contributed by atoms with Gasteiger partial charge in [0.2, 0.25) is 0 Å². The summed E-state index contributed by atoms with van der Waals surface area (Å²) in [6, 6.07) is 0. The van der Waals surface area contributed by atoms with Crippen molar-refractivity contribution in [3.05, 3.63) is 16.1 Å². The van der Waals surface area contributed by atoms with E-state index in [0.29, 0.717) is 12.1 Å². The summed E-state index contributed by atoms with van der Waals surface area (Å²) in [5, 5.41) is 1.46. The molecule has 2 nitrogen and oxygen atoms in total. The average Bonchev–Trinajstić information content (AvgIpc) is 2.52. The standard InChI is InChI=1S/C7H10F2N2S/c1-2-5-3-12-6(11-5)7(8,9)4-10/h3H,2,4,10H2,1H3. The minimum Gasteiger partial charge on any atom is -0.325 e. The Morgan fingerprint density at radius 1 is 1.67 bits per heavy atom. The first-order chi connectivity index (χ1) is 5.60. The van der Waals surface area contributed by atoms with Crippen molar-refractivity contribution in [1.29, 1.82) is 0 Å². The number of aromatic nitrogens is 1. The van der Waals surface area contributed by atoms with Gasteiger partial charge >= 0.3 is 5.92 Å². The largest absolute Gasteiger partial charge is 0.325 e. The van der Waals surface area contributed by atoms with E-state index in [2.05, 4.69) is 4.98 Å². The van der Waals surface area contributed by atoms with Gasteiger partial charge in [-0.25, -0.2) is 4.98 Å². The monoisotopic (exact) mass is 192 g/mol. The number of nitrogens with zero attached hydrogens (tertiary/aromatic N) is 1. The second-order valence-corrected chi connectivity index (χ2v) is 3.26. The molecule has 0 aliphatic carbocycles. The van der Waals surface area contributed by atoms with Gasteiger partial charge in [-0.15, -0.1) is 11.3 Å². The first-order valence-electron chi connectivity index (χ1n) is 3.63. The van der Waals surface area contributed by atoms with E-state index < -0.39 is 12.5 Å². The molecule has 68 valence electrons. The minimum absolute atomic E-state index is 0.179. The fraction of sp³-hybridized carbons (Fsp3) is 0.571. The molecule has 1 aromatic heterocycles. The van der Waals surface area contributed by atoms with Crippen LogP contribution >= 0.6 is 11.3 Å². The highest BCUT2D eigenvalue weighted by molar-refractivity contribution is 7.09. The van der Waals surface area contributed by atoms with Crippen molar-refractivity contribution in [3.8, 4) is 0 Å². The lowest BCUT2D eigenvalue weighted by molar-refractivity contribution is 0.00561. The highest BCUT2D eigenvalue weighted by Crippen LogP contribution is 2.29. The second-order valence-electron chi connectivity index (χ2n) is 2.41. The summed E-state index contributed by atoms with van der Waals surface area (Å²) in [6.45, 7) is 1.20. The summed E-state index contributed by atoms with van der Waals surface area (Å²) in [4.78, 5) is 3.76. The highest BCUT2D eigenvalue weighted by Gasteiger charge is 2.32. The van der Waals surface area contributed by atoms with E-state index in [1.165, 1.54) is 0 Å². The van der Waals surface area contributed by atoms with Crippen molar-refractivity contribution in [2.24, 2.45) is 5.73 Å². The Balaban J connectivity index is 2.88. The van der Waals surface area contributed by atoms with E-state index in [-0.39, 0.29) is 5.01 Å². The average molecular weight is 192 g/mol. The maximum atomic E-state index is 12.9. The third-order valence-electron chi connectivity index (χ3n) is 1.48. The molecule has 1 heterocycles. The number of thiazole rings is 1. The van der Waals surface area contributed by atoms with Crippen LogP contribution in [0.5, 0.6) is 0 Å². The number of nitrogens with two attached hydrogens (primary N) is 1. The first-order valence-corrected chi connectivity index (χ1v) is 4.51. The van der Waals surface area contributed by atoms with Crippen LogP contribution in [0.15, 0.2) is 5.38 Å². The molecule has 0 amide bonds. The molecule has 5 heteroatoms. The number of alkyl halides is 2. The fourth-order valence-corrected chi connectivity index (χ4v) is 1.62. The zero-order valence-electron chi connectivity index (χ0n) is 6.68. The van der Waals surface area contributed by atoms with Gasteiger partial charge in [-0.05, 0) is 6.42 Å². The van der Waals surface area contributed by atoms with Crippen molar-refractivity contribution < 1.29 is 8.78 Å². The Labute approximate surface area is 73.4 Å². The SMILES string of the molecule is CCc1csc(C(F)(F)CN)n1. The lowest BCUT2D eigenvalue weighted by atomic mass is 10.3. The molecule has 0 saturated carbocycles. The summed E-state index contributed by atoms with van der Waals surface area (Å²) in [5.74, 6) is -2.96. The Kier molecular flexibility index (Phi) is 2.74. The molecule has 0 aliphatic rings. The topological polar surface area (TPSA) is 38.9 Å². The van der Waals surface area contributed by atoms with Crippen molar-refractivity contribution in [3.63, 3.8) is 0 Å². The van der Waals surface area contributed by atoms with Crippen LogP contribution < -0.4 is 5.73 Å². The minimum atomic E-state index is -2.96. The molecule has 0 atom stereocenters. The smallest absolute Gasteiger partial charge is 0.310 e. The van der Waals surface area contributed by atoms with Crippen LogP contribution in [0.25, 0.3) is 0 Å². The molecular formula is C7H10F2N2S. The van der Waals surface area contributed by atoms with Crippen LogP contribution in [-0.4, -0.2) is 11.5 Å². The quantitative estimate of drug-likeness (QED) is 0.792. The Bertz CT molecular complexity index is 260. The van der Waals surface area contributed by atoms with Crippen LogP contribution in [0.2, 0.25) is 0 Å². The zero-order valence-corrected chi connectivity index (χ0v) is 7.50. The predicted octanol–water partition coefficient (Wildman–Crippen LogP) is 1.76. The van der Waals surface area contributed by atoms with Crippen LogP contribution in [0.1, 0.15) is 17.6 Å². The number of aryl methyl sites for hydroxylation is 1. The molecule has 0 spiro atoms. The lowest BCUT2D eigenvalue weighted by Gasteiger charge is -2.08. The molecule has 2 N–H and O–H groups in total. The van der Waals surface area contributed by atoms with Gasteiger partial charge in [0.15, 0.2) is 5.01 Å². The summed E-state index contributed by atoms with van der Waals surface area (Å²) < 4.78 is 25.7. The normalized spacial score (nSPS) is 12.0. The van der Waals surface area contributed by atoms with Gasteiger partial charge in [0, 0.05) is 5.38 Å². The molecule has 0 aromatic carbocycles. The molecule has 0 bridgehead atoms. The van der Waals surface area contributed by atoms with Gasteiger partial charge in [-0.2, -0.15) is 8.78 Å². The van der Waals surface area contributed by atoms with Gasteiger partial charge < -0.3 is 5.73 Å². The maximum absolute atomic E-state index is 12.9. The van der Waals surface area contributed by atoms with E-state index >= 15 is 0 Å². The predicted molar refractivity (Wildman–Crippen MR) is 44.4 cm³/mol. The summed E-state index contributed by atoms with van der Waals surface area (Å²) >= 11 is 0.965. The maximum Gasteiger partial charge on any atom is 0.310 e. The first kappa shape index (κ1) is 9.54. The van der Waals surface area contributed by atoms with E-state index in [0.717, 1.165) is 11.3 Å². The van der Waals surface area contributed by atoms with Gasteiger partial charge in [0.25, 0.3) is 0 Å². The van der Waals surface area contributed by atoms with Crippen molar-refractivity contribution in [2.75, 3.05) is 6.54 Å². The highest BCUT2D eigenvalue weighted by atomic mass is 32.1. The van der Waals surface area contributed by atoms with Crippen molar-refractivity contribution in [1.82, 2.24) is 4.98 Å². The van der Waals surface area contributed by atoms with Crippen molar-refractivity contribution in [2.45, 2.75) is 19.3 Å². The molecular weight excluding hydrogens is 182 g/mol. The molecule has 0 aliphatic heterocycles.